The largest absolute Gasteiger partial charge is 0.353 e. The molecule has 1 aromatic carbocycles. The molecule has 3 heterocycles. The van der Waals surface area contributed by atoms with Gasteiger partial charge in [0.15, 0.2) is 0 Å². The van der Waals surface area contributed by atoms with Gasteiger partial charge in [0, 0.05) is 42.8 Å². The molecule has 196 valence electrons. The van der Waals surface area contributed by atoms with E-state index in [0.717, 1.165) is 53.7 Å². The molecule has 6 rings (SSSR count). The van der Waals surface area contributed by atoms with Gasteiger partial charge < -0.3 is 15.1 Å². The SMILES string of the molecule is CC(C)(F)CC(=O)N1CCN(c2nc(C3CC3)c(Nc3ccnc4ccccc34)cc2C#N)CC1C1CC1. The zero-order valence-corrected chi connectivity index (χ0v) is 22.0. The van der Waals surface area contributed by atoms with Crippen LogP contribution in [0.3, 0.4) is 0 Å². The zero-order valence-electron chi connectivity index (χ0n) is 22.0. The Balaban J connectivity index is 1.31. The van der Waals surface area contributed by atoms with E-state index in [1.165, 1.54) is 13.8 Å². The van der Waals surface area contributed by atoms with Crippen molar-refractivity contribution in [1.29, 1.82) is 5.26 Å². The number of nitriles is 1. The molecular weight excluding hydrogens is 479 g/mol. The second kappa shape index (κ2) is 9.54. The monoisotopic (exact) mass is 512 g/mol. The molecule has 1 saturated heterocycles. The minimum atomic E-state index is -1.53. The van der Waals surface area contributed by atoms with Crippen molar-refractivity contribution in [1.82, 2.24) is 14.9 Å². The summed E-state index contributed by atoms with van der Waals surface area (Å²) in [6.45, 7) is 4.64. The highest BCUT2D eigenvalue weighted by Gasteiger charge is 2.42. The van der Waals surface area contributed by atoms with E-state index in [-0.39, 0.29) is 18.4 Å². The first kappa shape index (κ1) is 24.6. The predicted octanol–water partition coefficient (Wildman–Crippen LogP) is 5.69. The van der Waals surface area contributed by atoms with Crippen molar-refractivity contribution in [2.24, 2.45) is 5.92 Å². The summed E-state index contributed by atoms with van der Waals surface area (Å²) in [5.74, 6) is 1.37. The van der Waals surface area contributed by atoms with Crippen LogP contribution in [0.5, 0.6) is 0 Å². The van der Waals surface area contributed by atoms with E-state index in [2.05, 4.69) is 21.3 Å². The summed E-state index contributed by atoms with van der Waals surface area (Å²) >= 11 is 0. The van der Waals surface area contributed by atoms with Crippen molar-refractivity contribution in [3.8, 4) is 6.07 Å². The van der Waals surface area contributed by atoms with E-state index in [4.69, 9.17) is 4.98 Å². The maximum atomic E-state index is 14.3. The lowest BCUT2D eigenvalue weighted by atomic mass is 10.0. The van der Waals surface area contributed by atoms with E-state index >= 15 is 0 Å². The summed E-state index contributed by atoms with van der Waals surface area (Å²) in [4.78, 5) is 26.6. The van der Waals surface area contributed by atoms with Gasteiger partial charge in [0.25, 0.3) is 0 Å². The molecule has 1 amide bonds. The van der Waals surface area contributed by atoms with Crippen molar-refractivity contribution in [2.75, 3.05) is 29.9 Å². The summed E-state index contributed by atoms with van der Waals surface area (Å²) in [7, 11) is 0. The molecule has 3 fully saturated rings. The van der Waals surface area contributed by atoms with Crippen molar-refractivity contribution >= 4 is 34.0 Å². The van der Waals surface area contributed by atoms with Crippen LogP contribution in [0, 0.1) is 17.2 Å². The highest BCUT2D eigenvalue weighted by atomic mass is 19.1. The molecule has 2 saturated carbocycles. The van der Waals surface area contributed by atoms with Crippen LogP contribution in [-0.2, 0) is 4.79 Å². The number of fused-ring (bicyclic) bond motifs is 1. The van der Waals surface area contributed by atoms with Crippen LogP contribution in [0.25, 0.3) is 10.9 Å². The number of nitrogens with zero attached hydrogens (tertiary/aromatic N) is 5. The lowest BCUT2D eigenvalue weighted by molar-refractivity contribution is -0.136. The molecule has 2 aliphatic carbocycles. The van der Waals surface area contributed by atoms with Crippen molar-refractivity contribution in [2.45, 2.75) is 63.6 Å². The lowest BCUT2D eigenvalue weighted by Crippen LogP contribution is -2.57. The summed E-state index contributed by atoms with van der Waals surface area (Å²) in [5, 5.41) is 14.7. The van der Waals surface area contributed by atoms with Gasteiger partial charge in [-0.2, -0.15) is 5.26 Å². The number of nitrogens with one attached hydrogen (secondary N) is 1. The Morgan fingerprint density at radius 1 is 1.16 bits per heavy atom. The molecule has 2 aromatic heterocycles. The van der Waals surface area contributed by atoms with Gasteiger partial charge in [0.2, 0.25) is 5.91 Å². The second-order valence-corrected chi connectivity index (χ2v) is 11.5. The van der Waals surface area contributed by atoms with Gasteiger partial charge in [0.05, 0.1) is 34.9 Å². The van der Waals surface area contributed by atoms with Gasteiger partial charge in [-0.3, -0.25) is 9.78 Å². The number of carbonyl (C=O) groups excluding carboxylic acids is 1. The number of hydrogen-bond donors (Lipinski definition) is 1. The molecule has 0 radical (unpaired) electrons. The molecule has 7 nitrogen and oxygen atoms in total. The van der Waals surface area contributed by atoms with E-state index in [1.54, 1.807) is 6.20 Å². The summed E-state index contributed by atoms with van der Waals surface area (Å²) in [6.07, 6.45) is 6.00. The van der Waals surface area contributed by atoms with E-state index in [0.29, 0.717) is 42.9 Å². The van der Waals surface area contributed by atoms with Crippen LogP contribution in [-0.4, -0.2) is 52.1 Å². The number of carbonyl (C=O) groups is 1. The maximum absolute atomic E-state index is 14.3. The van der Waals surface area contributed by atoms with Gasteiger partial charge >= 0.3 is 0 Å². The molecule has 38 heavy (non-hydrogen) atoms. The zero-order chi connectivity index (χ0) is 26.4. The first-order valence-electron chi connectivity index (χ1n) is 13.6. The highest BCUT2D eigenvalue weighted by molar-refractivity contribution is 5.93. The third-order valence-electron chi connectivity index (χ3n) is 7.81. The molecular formula is C30H33FN6O. The number of amides is 1. The van der Waals surface area contributed by atoms with E-state index < -0.39 is 5.67 Å². The Kier molecular flexibility index (Phi) is 6.17. The van der Waals surface area contributed by atoms with Gasteiger partial charge in [-0.05, 0) is 63.6 Å². The van der Waals surface area contributed by atoms with E-state index in [1.807, 2.05) is 41.3 Å². The number of pyridine rings is 2. The minimum Gasteiger partial charge on any atom is -0.353 e. The highest BCUT2D eigenvalue weighted by Crippen LogP contribution is 2.45. The molecule has 3 aromatic rings. The number of halogens is 1. The molecule has 8 heteroatoms. The van der Waals surface area contributed by atoms with Gasteiger partial charge in [-0.15, -0.1) is 0 Å². The molecule has 3 aliphatic rings. The molecule has 1 N–H and O–H groups in total. The van der Waals surface area contributed by atoms with Crippen LogP contribution >= 0.6 is 0 Å². The Morgan fingerprint density at radius 3 is 2.66 bits per heavy atom. The fourth-order valence-corrected chi connectivity index (χ4v) is 5.62. The third-order valence-corrected chi connectivity index (χ3v) is 7.81. The van der Waals surface area contributed by atoms with Crippen molar-refractivity contribution in [3.63, 3.8) is 0 Å². The van der Waals surface area contributed by atoms with E-state index in [9.17, 15) is 14.4 Å². The number of benzene rings is 1. The average molecular weight is 513 g/mol. The molecule has 1 unspecified atom stereocenters. The van der Waals surface area contributed by atoms with Crippen molar-refractivity contribution in [3.05, 3.63) is 53.9 Å². The summed E-state index contributed by atoms with van der Waals surface area (Å²) in [5.41, 5.74) is 2.69. The maximum Gasteiger partial charge on any atom is 0.226 e. The molecule has 0 spiro atoms. The van der Waals surface area contributed by atoms with Gasteiger partial charge in [0.1, 0.15) is 17.6 Å². The first-order chi connectivity index (χ1) is 18.3. The Hall–Kier alpha value is -3.73. The predicted molar refractivity (Wildman–Crippen MR) is 146 cm³/mol. The number of alkyl halides is 1. The standard InChI is InChI=1S/C30H33FN6O/c1-30(2,31)16-27(38)37-14-13-36(18-26(37)19-7-8-19)29-21(17-32)15-25(28(35-29)20-9-10-20)34-24-11-12-33-23-6-4-3-5-22(23)24/h3-6,11-12,15,19-20,26H,7-10,13-14,16,18H2,1-2H3,(H,33,34). The summed E-state index contributed by atoms with van der Waals surface area (Å²) in [6, 6.07) is 14.3. The van der Waals surface area contributed by atoms with Crippen LogP contribution in [0.1, 0.15) is 63.1 Å². The smallest absolute Gasteiger partial charge is 0.226 e. The number of rotatable bonds is 7. The van der Waals surface area contributed by atoms with Crippen LogP contribution in [0.2, 0.25) is 0 Å². The van der Waals surface area contributed by atoms with Crippen LogP contribution < -0.4 is 10.2 Å². The first-order valence-corrected chi connectivity index (χ1v) is 13.6. The van der Waals surface area contributed by atoms with Gasteiger partial charge in [-0.1, -0.05) is 18.2 Å². The quantitative estimate of drug-likeness (QED) is 0.438. The Bertz CT molecular complexity index is 1410. The lowest BCUT2D eigenvalue weighted by Gasteiger charge is -2.43. The van der Waals surface area contributed by atoms with Crippen molar-refractivity contribution < 1.29 is 9.18 Å². The fraction of sp³-hybridized carbons (Fsp3) is 0.467. The number of aromatic nitrogens is 2. The minimum absolute atomic E-state index is 0.0253. The van der Waals surface area contributed by atoms with Crippen LogP contribution in [0.4, 0.5) is 21.6 Å². The second-order valence-electron chi connectivity index (χ2n) is 11.5. The summed E-state index contributed by atoms with van der Waals surface area (Å²) < 4.78 is 14.3. The average Bonchev–Trinajstić information content (AvgIpc) is 3.81. The molecule has 1 atom stereocenters. The molecule has 0 bridgehead atoms. The van der Waals surface area contributed by atoms with Crippen LogP contribution in [0.15, 0.2) is 42.6 Å². The third kappa shape index (κ3) is 5.02. The topological polar surface area (TPSA) is 85.2 Å². The number of hydrogen-bond acceptors (Lipinski definition) is 6. The Labute approximate surface area is 222 Å². The molecule has 1 aliphatic heterocycles. The number of anilines is 3. The number of para-hydroxylation sites is 1. The number of piperazine rings is 1. The Morgan fingerprint density at radius 2 is 1.95 bits per heavy atom. The fourth-order valence-electron chi connectivity index (χ4n) is 5.62. The normalized spacial score (nSPS) is 19.9. The van der Waals surface area contributed by atoms with Gasteiger partial charge in [-0.25, -0.2) is 9.37 Å².